The van der Waals surface area contributed by atoms with E-state index in [4.69, 9.17) is 14.2 Å². The highest BCUT2D eigenvalue weighted by Crippen LogP contribution is 2.31. The van der Waals surface area contributed by atoms with Crippen molar-refractivity contribution >= 4 is 0 Å². The molecule has 0 aromatic carbocycles. The summed E-state index contributed by atoms with van der Waals surface area (Å²) in [6.45, 7) is 6.82. The summed E-state index contributed by atoms with van der Waals surface area (Å²) >= 11 is 0. The van der Waals surface area contributed by atoms with Crippen molar-refractivity contribution in [3.05, 3.63) is 12.7 Å². The van der Waals surface area contributed by atoms with Crippen molar-refractivity contribution in [3.63, 3.8) is 0 Å². The summed E-state index contributed by atoms with van der Waals surface area (Å²) in [5, 5.41) is 18.9. The summed E-state index contributed by atoms with van der Waals surface area (Å²) < 4.78 is 16.3. The molecule has 5 nitrogen and oxygen atoms in total. The fourth-order valence-corrected chi connectivity index (χ4v) is 1.88. The van der Waals surface area contributed by atoms with Crippen molar-refractivity contribution in [1.29, 1.82) is 0 Å². The van der Waals surface area contributed by atoms with Crippen LogP contribution in [0.4, 0.5) is 0 Å². The highest BCUT2D eigenvalue weighted by Gasteiger charge is 2.46. The van der Waals surface area contributed by atoms with Crippen LogP contribution in [-0.2, 0) is 14.2 Å². The Labute approximate surface area is 95.6 Å². The first kappa shape index (κ1) is 13.6. The van der Waals surface area contributed by atoms with Gasteiger partial charge in [0.25, 0.3) is 0 Å². The Balaban J connectivity index is 2.80. The van der Waals surface area contributed by atoms with Crippen LogP contribution in [0.5, 0.6) is 0 Å². The molecule has 0 unspecified atom stereocenters. The van der Waals surface area contributed by atoms with Crippen molar-refractivity contribution < 1.29 is 24.4 Å². The van der Waals surface area contributed by atoms with Gasteiger partial charge in [0.15, 0.2) is 5.79 Å². The Kier molecular flexibility index (Phi) is 4.46. The molecule has 1 rings (SSSR count). The Bertz CT molecular complexity index is 241. The van der Waals surface area contributed by atoms with Gasteiger partial charge in [0.1, 0.15) is 24.4 Å². The molecule has 1 saturated heterocycles. The summed E-state index contributed by atoms with van der Waals surface area (Å²) in [5.41, 5.74) is 0. The van der Waals surface area contributed by atoms with E-state index in [-0.39, 0.29) is 6.61 Å². The van der Waals surface area contributed by atoms with E-state index in [0.29, 0.717) is 0 Å². The Morgan fingerprint density at radius 2 is 2.12 bits per heavy atom. The Morgan fingerprint density at radius 1 is 1.50 bits per heavy atom. The van der Waals surface area contributed by atoms with Crippen molar-refractivity contribution in [2.45, 2.75) is 44.1 Å². The third kappa shape index (κ3) is 2.81. The molecule has 0 bridgehead atoms. The van der Waals surface area contributed by atoms with Crippen molar-refractivity contribution in [3.8, 4) is 0 Å². The first-order chi connectivity index (χ1) is 7.45. The van der Waals surface area contributed by atoms with Crippen LogP contribution in [-0.4, -0.2) is 54.1 Å². The lowest BCUT2D eigenvalue weighted by Crippen LogP contribution is -2.44. The molecule has 1 aliphatic heterocycles. The predicted octanol–water partition coefficient (Wildman–Crippen LogP) is 0.0607. The second-order valence-electron chi connectivity index (χ2n) is 4.25. The van der Waals surface area contributed by atoms with Gasteiger partial charge < -0.3 is 24.4 Å². The minimum atomic E-state index is -0.860. The number of ether oxygens (including phenoxy) is 3. The smallest absolute Gasteiger partial charge is 0.164 e. The predicted molar refractivity (Wildman–Crippen MR) is 57.9 cm³/mol. The van der Waals surface area contributed by atoms with E-state index in [2.05, 4.69) is 6.58 Å². The number of aliphatic hydroxyl groups is 2. The zero-order valence-corrected chi connectivity index (χ0v) is 9.92. The van der Waals surface area contributed by atoms with Crippen molar-refractivity contribution in [2.24, 2.45) is 0 Å². The molecule has 0 aromatic rings. The minimum absolute atomic E-state index is 0.183. The standard InChI is InChI=1S/C11H20O5/c1-5-7(13)9(14-4)10-8(6-12)15-11(2,3)16-10/h5,7-10,12-13H,1,6H2,2-4H3/t7-,8+,9+,10+/m1/s1. The van der Waals surface area contributed by atoms with Gasteiger partial charge >= 0.3 is 0 Å². The third-order valence-electron chi connectivity index (χ3n) is 2.58. The number of hydrogen-bond donors (Lipinski definition) is 2. The van der Waals surface area contributed by atoms with Gasteiger partial charge in [0, 0.05) is 7.11 Å². The van der Waals surface area contributed by atoms with Gasteiger partial charge in [-0.1, -0.05) is 6.08 Å². The van der Waals surface area contributed by atoms with E-state index in [0.717, 1.165) is 0 Å². The Morgan fingerprint density at radius 3 is 2.56 bits per heavy atom. The van der Waals surface area contributed by atoms with Crippen LogP contribution >= 0.6 is 0 Å². The molecular weight excluding hydrogens is 212 g/mol. The average Bonchev–Trinajstić information content (AvgIpc) is 2.54. The van der Waals surface area contributed by atoms with E-state index in [1.165, 1.54) is 13.2 Å². The van der Waals surface area contributed by atoms with Crippen molar-refractivity contribution in [2.75, 3.05) is 13.7 Å². The van der Waals surface area contributed by atoms with Crippen molar-refractivity contribution in [1.82, 2.24) is 0 Å². The van der Waals surface area contributed by atoms with Gasteiger partial charge in [-0.25, -0.2) is 0 Å². The molecule has 4 atom stereocenters. The Hall–Kier alpha value is -0.460. The van der Waals surface area contributed by atoms with Crippen LogP contribution in [0.15, 0.2) is 12.7 Å². The molecule has 2 N–H and O–H groups in total. The monoisotopic (exact) mass is 232 g/mol. The molecule has 0 aromatic heterocycles. The number of methoxy groups -OCH3 is 1. The normalized spacial score (nSPS) is 32.3. The molecule has 0 spiro atoms. The highest BCUT2D eigenvalue weighted by atomic mass is 16.8. The minimum Gasteiger partial charge on any atom is -0.394 e. The van der Waals surface area contributed by atoms with E-state index in [1.54, 1.807) is 13.8 Å². The summed E-state index contributed by atoms with van der Waals surface area (Å²) in [6, 6.07) is 0. The van der Waals surface area contributed by atoms with Gasteiger partial charge in [-0.2, -0.15) is 0 Å². The SMILES string of the molecule is C=C[C@@H](O)[C@H](OC)[C@H]1OC(C)(C)O[C@H]1CO. The largest absolute Gasteiger partial charge is 0.394 e. The van der Waals surface area contributed by atoms with Crippen LogP contribution in [0.2, 0.25) is 0 Å². The summed E-state index contributed by atoms with van der Waals surface area (Å²) in [6.07, 6.45) is -1.11. The van der Waals surface area contributed by atoms with Crippen LogP contribution in [0.3, 0.4) is 0 Å². The summed E-state index contributed by atoms with van der Waals surface area (Å²) in [7, 11) is 1.47. The molecule has 0 saturated carbocycles. The second-order valence-corrected chi connectivity index (χ2v) is 4.25. The second kappa shape index (κ2) is 5.25. The van der Waals surface area contributed by atoms with Gasteiger partial charge in [-0.3, -0.25) is 0 Å². The van der Waals surface area contributed by atoms with Gasteiger partial charge in [-0.15, -0.1) is 6.58 Å². The van der Waals surface area contributed by atoms with E-state index in [9.17, 15) is 10.2 Å². The lowest BCUT2D eigenvalue weighted by atomic mass is 10.0. The molecule has 5 heteroatoms. The fourth-order valence-electron chi connectivity index (χ4n) is 1.88. The lowest BCUT2D eigenvalue weighted by molar-refractivity contribution is -0.164. The lowest BCUT2D eigenvalue weighted by Gasteiger charge is -2.27. The molecule has 94 valence electrons. The maximum atomic E-state index is 9.70. The van der Waals surface area contributed by atoms with Crippen LogP contribution in [0, 0.1) is 0 Å². The van der Waals surface area contributed by atoms with Gasteiger partial charge in [0.05, 0.1) is 6.61 Å². The first-order valence-corrected chi connectivity index (χ1v) is 5.25. The fraction of sp³-hybridized carbons (Fsp3) is 0.818. The van der Waals surface area contributed by atoms with E-state index < -0.39 is 30.2 Å². The first-order valence-electron chi connectivity index (χ1n) is 5.25. The molecule has 0 aliphatic carbocycles. The number of hydrogen-bond acceptors (Lipinski definition) is 5. The van der Waals surface area contributed by atoms with Gasteiger partial charge in [0.2, 0.25) is 0 Å². The average molecular weight is 232 g/mol. The van der Waals surface area contributed by atoms with Crippen LogP contribution < -0.4 is 0 Å². The summed E-state index contributed by atoms with van der Waals surface area (Å²) in [5.74, 6) is -0.782. The number of aliphatic hydroxyl groups excluding tert-OH is 2. The summed E-state index contributed by atoms with van der Waals surface area (Å²) in [4.78, 5) is 0. The van der Waals surface area contributed by atoms with E-state index in [1.807, 2.05) is 0 Å². The maximum Gasteiger partial charge on any atom is 0.164 e. The van der Waals surface area contributed by atoms with Crippen LogP contribution in [0.25, 0.3) is 0 Å². The zero-order chi connectivity index (χ0) is 12.3. The zero-order valence-electron chi connectivity index (χ0n) is 9.92. The molecule has 0 radical (unpaired) electrons. The molecule has 0 amide bonds. The van der Waals surface area contributed by atoms with Crippen LogP contribution in [0.1, 0.15) is 13.8 Å². The molecule has 1 fully saturated rings. The molecule has 1 aliphatic rings. The third-order valence-corrected chi connectivity index (χ3v) is 2.58. The molecule has 1 heterocycles. The maximum absolute atomic E-state index is 9.70. The number of rotatable bonds is 5. The molecule has 16 heavy (non-hydrogen) atoms. The molecular formula is C11H20O5. The van der Waals surface area contributed by atoms with E-state index >= 15 is 0 Å². The topological polar surface area (TPSA) is 68.2 Å². The quantitative estimate of drug-likeness (QED) is 0.656. The van der Waals surface area contributed by atoms with Gasteiger partial charge in [-0.05, 0) is 13.8 Å². The highest BCUT2D eigenvalue weighted by molar-refractivity contribution is 4.95.